The Morgan fingerprint density at radius 3 is 2.82 bits per heavy atom. The molecule has 11 heavy (non-hydrogen) atoms. The number of aromatic amines is 1. The summed E-state index contributed by atoms with van der Waals surface area (Å²) in [5.41, 5.74) is 2.03. The van der Waals surface area contributed by atoms with Gasteiger partial charge >= 0.3 is 0 Å². The lowest BCUT2D eigenvalue weighted by Gasteiger charge is -1.95. The Labute approximate surface area is 64.5 Å². The van der Waals surface area contributed by atoms with Crippen LogP contribution in [0.3, 0.4) is 0 Å². The second-order valence-electron chi connectivity index (χ2n) is 2.61. The number of rotatable bonds is 0. The Bertz CT molecular complexity index is 389. The summed E-state index contributed by atoms with van der Waals surface area (Å²) in [6, 6.07) is 0. The van der Waals surface area contributed by atoms with E-state index in [0.717, 1.165) is 22.4 Å². The number of nitrogens with one attached hydrogen (secondary N) is 1. The smallest absolute Gasteiger partial charge is 0.126 e. The molecule has 0 aromatic carbocycles. The molecule has 0 amide bonds. The van der Waals surface area contributed by atoms with Gasteiger partial charge in [-0.2, -0.15) is 0 Å². The Hall–Kier alpha value is -1.38. The lowest BCUT2D eigenvalue weighted by Crippen LogP contribution is -1.89. The minimum Gasteiger partial charge on any atom is -0.365 e. The Balaban J connectivity index is 2.91. The predicted octanol–water partition coefficient (Wildman–Crippen LogP) is 1.57. The van der Waals surface area contributed by atoms with Crippen LogP contribution in [-0.4, -0.2) is 15.0 Å². The fourth-order valence-electron chi connectivity index (χ4n) is 1.24. The first-order valence-corrected chi connectivity index (χ1v) is 3.55. The number of aromatic nitrogens is 3. The van der Waals surface area contributed by atoms with Crippen molar-refractivity contribution < 1.29 is 0 Å². The molecule has 0 saturated carbocycles. The van der Waals surface area contributed by atoms with Crippen molar-refractivity contribution in [2.45, 2.75) is 13.8 Å². The quantitative estimate of drug-likeness (QED) is 0.614. The third kappa shape index (κ3) is 0.888. The topological polar surface area (TPSA) is 41.6 Å². The fraction of sp³-hybridized carbons (Fsp3) is 0.250. The molecule has 3 nitrogen and oxygen atoms in total. The van der Waals surface area contributed by atoms with Gasteiger partial charge in [0.1, 0.15) is 5.82 Å². The molecule has 0 aliphatic rings. The van der Waals surface area contributed by atoms with E-state index in [-0.39, 0.29) is 0 Å². The molecule has 2 heterocycles. The third-order valence-electron chi connectivity index (χ3n) is 1.73. The van der Waals surface area contributed by atoms with Crippen molar-refractivity contribution in [1.82, 2.24) is 15.0 Å². The van der Waals surface area contributed by atoms with Gasteiger partial charge in [-0.15, -0.1) is 0 Å². The normalized spacial score (nSPS) is 10.7. The zero-order valence-electron chi connectivity index (χ0n) is 6.55. The van der Waals surface area contributed by atoms with E-state index in [4.69, 9.17) is 0 Å². The molecule has 0 unspecified atom stereocenters. The van der Waals surface area contributed by atoms with Crippen molar-refractivity contribution in [3.05, 3.63) is 23.9 Å². The molecule has 2 rings (SSSR count). The van der Waals surface area contributed by atoms with Crippen LogP contribution in [0.1, 0.15) is 11.5 Å². The Morgan fingerprint density at radius 1 is 1.18 bits per heavy atom. The van der Waals surface area contributed by atoms with Crippen LogP contribution in [0.2, 0.25) is 0 Å². The zero-order chi connectivity index (χ0) is 7.84. The number of aryl methyl sites for hydroxylation is 2. The largest absolute Gasteiger partial charge is 0.365 e. The highest BCUT2D eigenvalue weighted by Crippen LogP contribution is 2.12. The van der Waals surface area contributed by atoms with Crippen LogP contribution < -0.4 is 0 Å². The molecule has 56 valence electrons. The van der Waals surface area contributed by atoms with E-state index in [9.17, 15) is 0 Å². The van der Waals surface area contributed by atoms with Gasteiger partial charge in [0.2, 0.25) is 0 Å². The van der Waals surface area contributed by atoms with Gasteiger partial charge in [0.05, 0.1) is 11.2 Å². The molecular formula is C8H9N3. The van der Waals surface area contributed by atoms with E-state index < -0.39 is 0 Å². The summed E-state index contributed by atoms with van der Waals surface area (Å²) in [5.74, 6) is 0.828. The highest BCUT2D eigenvalue weighted by Gasteiger charge is 2.00. The molecule has 2 aromatic heterocycles. The summed E-state index contributed by atoms with van der Waals surface area (Å²) in [5, 5.41) is 1.11. The maximum atomic E-state index is 4.25. The lowest BCUT2D eigenvalue weighted by atomic mass is 10.3. The Kier molecular flexibility index (Phi) is 1.18. The molecule has 0 bridgehead atoms. The highest BCUT2D eigenvalue weighted by molar-refractivity contribution is 5.79. The van der Waals surface area contributed by atoms with Gasteiger partial charge in [-0.3, -0.25) is 0 Å². The molecule has 2 aromatic rings. The maximum Gasteiger partial charge on any atom is 0.126 e. The van der Waals surface area contributed by atoms with Gasteiger partial charge in [-0.05, 0) is 13.8 Å². The number of hydrogen-bond acceptors (Lipinski definition) is 2. The Morgan fingerprint density at radius 2 is 2.00 bits per heavy atom. The number of H-pyrrole nitrogens is 1. The fourth-order valence-corrected chi connectivity index (χ4v) is 1.24. The monoisotopic (exact) mass is 147 g/mol. The minimum atomic E-state index is 0.828. The molecule has 1 N–H and O–H groups in total. The first-order chi connectivity index (χ1) is 5.27. The molecule has 0 atom stereocenters. The molecule has 0 radical (unpaired) electrons. The highest BCUT2D eigenvalue weighted by atomic mass is 14.9. The van der Waals surface area contributed by atoms with E-state index in [1.165, 1.54) is 0 Å². The van der Waals surface area contributed by atoms with Crippen molar-refractivity contribution >= 4 is 10.9 Å². The molecule has 0 saturated heterocycles. The first kappa shape index (κ1) is 6.34. The van der Waals surface area contributed by atoms with Gasteiger partial charge in [-0.1, -0.05) is 0 Å². The number of fused-ring (bicyclic) bond motifs is 1. The number of nitrogens with zero attached hydrogens (tertiary/aromatic N) is 2. The molecule has 0 fully saturated rings. The molecule has 0 spiro atoms. The van der Waals surface area contributed by atoms with Crippen LogP contribution in [0.5, 0.6) is 0 Å². The van der Waals surface area contributed by atoms with Crippen LogP contribution in [-0.2, 0) is 0 Å². The summed E-state index contributed by atoms with van der Waals surface area (Å²) in [6.07, 6.45) is 3.81. The predicted molar refractivity (Wildman–Crippen MR) is 43.4 cm³/mol. The molecule has 0 aliphatic heterocycles. The summed E-state index contributed by atoms with van der Waals surface area (Å²) in [6.45, 7) is 3.89. The van der Waals surface area contributed by atoms with Crippen molar-refractivity contribution in [3.63, 3.8) is 0 Å². The van der Waals surface area contributed by atoms with E-state index in [1.54, 1.807) is 0 Å². The summed E-state index contributed by atoms with van der Waals surface area (Å²) < 4.78 is 0. The van der Waals surface area contributed by atoms with Gasteiger partial charge < -0.3 is 4.98 Å². The van der Waals surface area contributed by atoms with Crippen LogP contribution in [0.4, 0.5) is 0 Å². The third-order valence-corrected chi connectivity index (χ3v) is 1.73. The lowest BCUT2D eigenvalue weighted by molar-refractivity contribution is 1.05. The standard InChI is InChI=1S/C8H9N3/c1-5-7-3-9-4-8(7)11-6(2)10-5/h3-4,9H,1-2H3. The summed E-state index contributed by atoms with van der Waals surface area (Å²) in [4.78, 5) is 11.5. The van der Waals surface area contributed by atoms with Crippen molar-refractivity contribution in [3.8, 4) is 0 Å². The van der Waals surface area contributed by atoms with Gasteiger partial charge in [-0.25, -0.2) is 9.97 Å². The summed E-state index contributed by atoms with van der Waals surface area (Å²) >= 11 is 0. The first-order valence-electron chi connectivity index (χ1n) is 3.55. The average Bonchev–Trinajstić information content (AvgIpc) is 2.34. The second-order valence-corrected chi connectivity index (χ2v) is 2.61. The van der Waals surface area contributed by atoms with E-state index >= 15 is 0 Å². The molecule has 0 aliphatic carbocycles. The van der Waals surface area contributed by atoms with Crippen molar-refractivity contribution in [1.29, 1.82) is 0 Å². The van der Waals surface area contributed by atoms with E-state index in [0.29, 0.717) is 0 Å². The summed E-state index contributed by atoms with van der Waals surface area (Å²) in [7, 11) is 0. The van der Waals surface area contributed by atoms with E-state index in [2.05, 4.69) is 15.0 Å². The maximum absolute atomic E-state index is 4.25. The molecule has 3 heteroatoms. The SMILES string of the molecule is Cc1nc(C)c2c[nH]cc2n1. The van der Waals surface area contributed by atoms with Crippen LogP contribution in [0.25, 0.3) is 10.9 Å². The van der Waals surface area contributed by atoms with E-state index in [1.807, 2.05) is 26.2 Å². The second kappa shape index (κ2) is 2.05. The van der Waals surface area contributed by atoms with Gasteiger partial charge in [0, 0.05) is 17.8 Å². The van der Waals surface area contributed by atoms with Crippen molar-refractivity contribution in [2.24, 2.45) is 0 Å². The van der Waals surface area contributed by atoms with Crippen LogP contribution in [0.15, 0.2) is 12.4 Å². The van der Waals surface area contributed by atoms with Crippen LogP contribution in [0, 0.1) is 13.8 Å². The molecular weight excluding hydrogens is 138 g/mol. The van der Waals surface area contributed by atoms with Crippen LogP contribution >= 0.6 is 0 Å². The van der Waals surface area contributed by atoms with Gasteiger partial charge in [0.25, 0.3) is 0 Å². The number of hydrogen-bond donors (Lipinski definition) is 1. The van der Waals surface area contributed by atoms with Crippen molar-refractivity contribution in [2.75, 3.05) is 0 Å². The zero-order valence-corrected chi connectivity index (χ0v) is 6.55. The average molecular weight is 147 g/mol. The minimum absolute atomic E-state index is 0.828. The van der Waals surface area contributed by atoms with Gasteiger partial charge in [0.15, 0.2) is 0 Å².